The van der Waals surface area contributed by atoms with E-state index < -0.39 is 0 Å². The van der Waals surface area contributed by atoms with Gasteiger partial charge in [0.15, 0.2) is 0 Å². The van der Waals surface area contributed by atoms with Crippen molar-refractivity contribution in [2.24, 2.45) is 18.7 Å². The van der Waals surface area contributed by atoms with Gasteiger partial charge in [-0.1, -0.05) is 19.1 Å². The van der Waals surface area contributed by atoms with Crippen molar-refractivity contribution in [1.29, 1.82) is 0 Å². The highest BCUT2D eigenvalue weighted by atomic mass is 15.4. The molecule has 0 atom stereocenters. The van der Waals surface area contributed by atoms with Crippen LogP contribution >= 0.6 is 0 Å². The third-order valence-electron chi connectivity index (χ3n) is 2.18. The summed E-state index contributed by atoms with van der Waals surface area (Å²) in [5, 5.41) is 7.95. The van der Waals surface area contributed by atoms with Crippen molar-refractivity contribution in [3.63, 3.8) is 0 Å². The van der Waals surface area contributed by atoms with Crippen LogP contribution in [0.1, 0.15) is 31.7 Å². The van der Waals surface area contributed by atoms with Gasteiger partial charge in [-0.25, -0.2) is 0 Å². The van der Waals surface area contributed by atoms with Crippen molar-refractivity contribution in [3.05, 3.63) is 11.4 Å². The normalized spacial score (nSPS) is 11.2. The largest absolute Gasteiger partial charge is 0.325 e. The van der Waals surface area contributed by atoms with Gasteiger partial charge in [-0.05, 0) is 18.8 Å². The van der Waals surface area contributed by atoms with Gasteiger partial charge in [-0.15, -0.1) is 5.10 Å². The fraction of sp³-hybridized carbons (Fsp3) is 0.778. The highest BCUT2D eigenvalue weighted by Crippen LogP contribution is 2.10. The van der Waals surface area contributed by atoms with E-state index in [1.165, 1.54) is 5.69 Å². The third kappa shape index (κ3) is 2.52. The van der Waals surface area contributed by atoms with E-state index in [4.69, 9.17) is 5.73 Å². The summed E-state index contributed by atoms with van der Waals surface area (Å²) >= 11 is 0. The van der Waals surface area contributed by atoms with Crippen LogP contribution in [0.3, 0.4) is 0 Å². The molecule has 2 N–H and O–H groups in total. The van der Waals surface area contributed by atoms with Gasteiger partial charge >= 0.3 is 0 Å². The second kappa shape index (κ2) is 4.37. The minimum Gasteiger partial charge on any atom is -0.325 e. The molecule has 0 bridgehead atoms. The molecule has 1 aromatic heterocycles. The average molecular weight is 182 g/mol. The number of nitrogens with zero attached hydrogens (tertiary/aromatic N) is 3. The third-order valence-corrected chi connectivity index (χ3v) is 2.18. The Labute approximate surface area is 79.1 Å². The molecule has 74 valence electrons. The summed E-state index contributed by atoms with van der Waals surface area (Å²) in [4.78, 5) is 0. The van der Waals surface area contributed by atoms with E-state index in [1.807, 2.05) is 11.7 Å². The summed E-state index contributed by atoms with van der Waals surface area (Å²) in [6, 6.07) is 0. The summed E-state index contributed by atoms with van der Waals surface area (Å²) in [5.74, 6) is 0.709. The monoisotopic (exact) mass is 182 g/mol. The Hall–Kier alpha value is -0.900. The molecule has 0 amide bonds. The van der Waals surface area contributed by atoms with Gasteiger partial charge in [0.2, 0.25) is 0 Å². The first-order chi connectivity index (χ1) is 6.15. The molecular weight excluding hydrogens is 164 g/mol. The van der Waals surface area contributed by atoms with Gasteiger partial charge < -0.3 is 5.73 Å². The quantitative estimate of drug-likeness (QED) is 0.751. The Kier molecular flexibility index (Phi) is 3.42. The Balaban J connectivity index is 2.68. The number of aromatic nitrogens is 3. The molecule has 0 aliphatic carbocycles. The molecule has 1 aromatic rings. The SMILES string of the molecule is CC(C)CCc1c(CN)nnn1C. The molecule has 0 aliphatic heterocycles. The summed E-state index contributed by atoms with van der Waals surface area (Å²) in [6.45, 7) is 4.92. The van der Waals surface area contributed by atoms with Crippen molar-refractivity contribution in [2.45, 2.75) is 33.2 Å². The molecule has 0 spiro atoms. The van der Waals surface area contributed by atoms with Crippen molar-refractivity contribution >= 4 is 0 Å². The molecule has 0 saturated carbocycles. The average Bonchev–Trinajstić information content (AvgIpc) is 2.43. The van der Waals surface area contributed by atoms with E-state index in [0.29, 0.717) is 12.5 Å². The van der Waals surface area contributed by atoms with Gasteiger partial charge in [-0.3, -0.25) is 4.68 Å². The van der Waals surface area contributed by atoms with E-state index in [-0.39, 0.29) is 0 Å². The highest BCUT2D eigenvalue weighted by Gasteiger charge is 2.08. The lowest BCUT2D eigenvalue weighted by atomic mass is 10.1. The lowest BCUT2D eigenvalue weighted by Crippen LogP contribution is -2.05. The van der Waals surface area contributed by atoms with E-state index in [1.54, 1.807) is 0 Å². The highest BCUT2D eigenvalue weighted by molar-refractivity contribution is 5.09. The standard InChI is InChI=1S/C9H18N4/c1-7(2)4-5-9-8(6-10)11-12-13(9)3/h7H,4-6,10H2,1-3H3. The number of rotatable bonds is 4. The van der Waals surface area contributed by atoms with Crippen molar-refractivity contribution in [2.75, 3.05) is 0 Å². The minimum atomic E-state index is 0.487. The zero-order valence-electron chi connectivity index (χ0n) is 8.62. The van der Waals surface area contributed by atoms with Crippen LogP contribution in [0, 0.1) is 5.92 Å². The van der Waals surface area contributed by atoms with Gasteiger partial charge in [0.25, 0.3) is 0 Å². The molecule has 0 unspecified atom stereocenters. The van der Waals surface area contributed by atoms with Crippen LogP contribution in [0.15, 0.2) is 0 Å². The first-order valence-corrected chi connectivity index (χ1v) is 4.72. The fourth-order valence-corrected chi connectivity index (χ4v) is 1.31. The second-order valence-corrected chi connectivity index (χ2v) is 3.74. The number of hydrogen-bond acceptors (Lipinski definition) is 3. The number of hydrogen-bond donors (Lipinski definition) is 1. The Bertz CT molecular complexity index is 265. The summed E-state index contributed by atoms with van der Waals surface area (Å²) in [5.41, 5.74) is 7.67. The molecule has 1 heterocycles. The van der Waals surface area contributed by atoms with Crippen LogP contribution < -0.4 is 5.73 Å². The van der Waals surface area contributed by atoms with Crippen molar-refractivity contribution in [1.82, 2.24) is 15.0 Å². The van der Waals surface area contributed by atoms with Crippen LogP contribution in [0.5, 0.6) is 0 Å². The van der Waals surface area contributed by atoms with E-state index in [9.17, 15) is 0 Å². The molecule has 4 heteroatoms. The second-order valence-electron chi connectivity index (χ2n) is 3.74. The maximum Gasteiger partial charge on any atom is 0.0994 e. The zero-order chi connectivity index (χ0) is 9.84. The van der Waals surface area contributed by atoms with Gasteiger partial charge in [0, 0.05) is 13.6 Å². The molecule has 1 rings (SSSR count). The Morgan fingerprint density at radius 1 is 1.46 bits per heavy atom. The molecule has 0 aromatic carbocycles. The molecule has 13 heavy (non-hydrogen) atoms. The van der Waals surface area contributed by atoms with Crippen molar-refractivity contribution in [3.8, 4) is 0 Å². The maximum atomic E-state index is 5.55. The molecule has 4 nitrogen and oxygen atoms in total. The van der Waals surface area contributed by atoms with Gasteiger partial charge in [0.1, 0.15) is 0 Å². The molecule has 0 aliphatic rings. The topological polar surface area (TPSA) is 56.7 Å². The van der Waals surface area contributed by atoms with Crippen molar-refractivity contribution < 1.29 is 0 Å². The summed E-state index contributed by atoms with van der Waals surface area (Å²) < 4.78 is 1.82. The van der Waals surface area contributed by atoms with Crippen LogP contribution in [0.4, 0.5) is 0 Å². The summed E-state index contributed by atoms with van der Waals surface area (Å²) in [6.07, 6.45) is 2.18. The minimum absolute atomic E-state index is 0.487. The first kappa shape index (κ1) is 10.2. The smallest absolute Gasteiger partial charge is 0.0994 e. The summed E-state index contributed by atoms with van der Waals surface area (Å²) in [7, 11) is 1.92. The van der Waals surface area contributed by atoms with Gasteiger partial charge in [-0.2, -0.15) is 0 Å². The maximum absolute atomic E-state index is 5.55. The Morgan fingerprint density at radius 2 is 2.15 bits per heavy atom. The van der Waals surface area contributed by atoms with E-state index in [2.05, 4.69) is 24.2 Å². The number of aryl methyl sites for hydroxylation is 1. The van der Waals surface area contributed by atoms with Crippen LogP contribution in [0.25, 0.3) is 0 Å². The van der Waals surface area contributed by atoms with Crippen LogP contribution in [0.2, 0.25) is 0 Å². The number of nitrogens with two attached hydrogens (primary N) is 1. The van der Waals surface area contributed by atoms with Crippen LogP contribution in [-0.4, -0.2) is 15.0 Å². The van der Waals surface area contributed by atoms with Crippen LogP contribution in [-0.2, 0) is 20.0 Å². The predicted molar refractivity (Wildman–Crippen MR) is 52.1 cm³/mol. The van der Waals surface area contributed by atoms with Gasteiger partial charge in [0.05, 0.1) is 11.4 Å². The van der Waals surface area contributed by atoms with E-state index in [0.717, 1.165) is 18.5 Å². The van der Waals surface area contributed by atoms with E-state index >= 15 is 0 Å². The molecular formula is C9H18N4. The zero-order valence-corrected chi connectivity index (χ0v) is 8.62. The predicted octanol–water partition coefficient (Wildman–Crippen LogP) is 0.862. The lowest BCUT2D eigenvalue weighted by molar-refractivity contribution is 0.561. The molecule has 0 saturated heterocycles. The Morgan fingerprint density at radius 3 is 2.69 bits per heavy atom. The fourth-order valence-electron chi connectivity index (χ4n) is 1.31. The molecule has 0 radical (unpaired) electrons. The molecule has 0 fully saturated rings. The first-order valence-electron chi connectivity index (χ1n) is 4.72. The lowest BCUT2D eigenvalue weighted by Gasteiger charge is -2.05.